The molecule has 2 radical (unpaired) electrons. The van der Waals surface area contributed by atoms with E-state index in [9.17, 15) is 0 Å². The molecule has 0 fully saturated rings. The third-order valence-corrected chi connectivity index (χ3v) is 8.88. The van der Waals surface area contributed by atoms with E-state index < -0.39 is 30.0 Å². The Bertz CT molecular complexity index is 1130. The summed E-state index contributed by atoms with van der Waals surface area (Å²) in [6, 6.07) is 22.8. The summed E-state index contributed by atoms with van der Waals surface area (Å²) >= 11 is -3.29. The van der Waals surface area contributed by atoms with Crippen molar-refractivity contribution in [2.75, 3.05) is 40.0 Å². The van der Waals surface area contributed by atoms with Crippen molar-refractivity contribution in [2.45, 2.75) is 26.9 Å². The monoisotopic (exact) mass is 696 g/mol. The number of benzene rings is 2. The Morgan fingerprint density at radius 1 is 0.611 bits per heavy atom. The van der Waals surface area contributed by atoms with Crippen molar-refractivity contribution >= 4 is 90.2 Å². The van der Waals surface area contributed by atoms with Gasteiger partial charge in [-0.05, 0) is 0 Å². The van der Waals surface area contributed by atoms with Gasteiger partial charge in [-0.25, -0.2) is 0 Å². The minimum atomic E-state index is -3.29. The molecule has 0 amide bonds. The molecule has 0 unspecified atom stereocenters. The van der Waals surface area contributed by atoms with E-state index in [4.69, 9.17) is 34.1 Å². The standard InChI is InChI=1S/2C13H17P.C2H6Si.4ClH.Zr/c2*1-10-7-11-5-6-13(14(2,3)4)9-12(11)8-10;1-3-2;;;;;/h2*5-9H,1-4H3;1-2H3;4*1H;/q;;;;;;;+4/p-4. The molecule has 0 heterocycles. The minimum absolute atomic E-state index is 0.863. The molecule has 0 atom stereocenters. The van der Waals surface area contributed by atoms with Gasteiger partial charge < -0.3 is 0 Å². The molecule has 4 aromatic rings. The summed E-state index contributed by atoms with van der Waals surface area (Å²) in [4.78, 5) is 0. The maximum atomic E-state index is 5.04. The molecule has 0 saturated carbocycles. The van der Waals surface area contributed by atoms with Crippen LogP contribution in [0.3, 0.4) is 0 Å². The summed E-state index contributed by atoms with van der Waals surface area (Å²) in [6.07, 6.45) is 0. The molecule has 0 aliphatic heterocycles. The van der Waals surface area contributed by atoms with Crippen molar-refractivity contribution in [3.05, 3.63) is 71.8 Å². The van der Waals surface area contributed by atoms with E-state index in [0.29, 0.717) is 0 Å². The van der Waals surface area contributed by atoms with Crippen LogP contribution in [-0.2, 0) is 15.5 Å². The SMILES string of the molecule is C[Si]C.Cc1cc2cc([P+](C)(C)C)ccc2[cH-]1.Cc1cc2cc([P+](C)(C)C)ccc2[cH-]1.[Cl][Zr]([Cl])([Cl])[Cl]. The maximum absolute atomic E-state index is 5.04. The van der Waals surface area contributed by atoms with Gasteiger partial charge in [0.25, 0.3) is 0 Å². The fourth-order valence-electron chi connectivity index (χ4n) is 3.54. The predicted octanol–water partition coefficient (Wildman–Crippen LogP) is 10.3. The summed E-state index contributed by atoms with van der Waals surface area (Å²) in [5, 5.41) is 8.59. The molecule has 0 saturated heterocycles. The number of hydrogen-bond donors (Lipinski definition) is 0. The van der Waals surface area contributed by atoms with E-state index in [0.717, 1.165) is 9.52 Å². The molecule has 0 nitrogen and oxygen atoms in total. The van der Waals surface area contributed by atoms with Crippen LogP contribution in [0.2, 0.25) is 13.1 Å². The Morgan fingerprint density at radius 3 is 1.14 bits per heavy atom. The second-order valence-corrected chi connectivity index (χ2v) is 43.1. The normalized spacial score (nSPS) is 11.7. The Kier molecular flexibility index (Phi) is 14.5. The fraction of sp³-hybridized carbons (Fsp3) is 0.357. The first kappa shape index (κ1) is 34.8. The number of fused-ring (bicyclic) bond motifs is 2. The van der Waals surface area contributed by atoms with Crippen molar-refractivity contribution in [3.8, 4) is 0 Å². The number of halogens is 4. The second-order valence-electron chi connectivity index (χ2n) is 10.6. The number of aryl methyl sites for hydroxylation is 2. The van der Waals surface area contributed by atoms with Gasteiger partial charge in [-0.1, -0.05) is 51.2 Å². The van der Waals surface area contributed by atoms with Crippen molar-refractivity contribution in [3.63, 3.8) is 0 Å². The summed E-state index contributed by atoms with van der Waals surface area (Å²) in [5.74, 6) is 0. The average Bonchev–Trinajstić information content (AvgIpc) is 3.25. The van der Waals surface area contributed by atoms with Gasteiger partial charge in [-0.3, -0.25) is 0 Å². The summed E-state index contributed by atoms with van der Waals surface area (Å²) < 4.78 is 0. The molecule has 4 aromatic carbocycles. The molecule has 0 aliphatic rings. The molecule has 0 spiro atoms. The Hall–Kier alpha value is 0.780. The van der Waals surface area contributed by atoms with E-state index in [1.165, 1.54) is 43.3 Å². The summed E-state index contributed by atoms with van der Waals surface area (Å²) in [7, 11) is 19.5. The zero-order chi connectivity index (χ0) is 27.9. The number of rotatable bonds is 2. The van der Waals surface area contributed by atoms with Crippen LogP contribution >= 0.6 is 48.6 Å². The van der Waals surface area contributed by atoms with Crippen molar-refractivity contribution < 1.29 is 15.5 Å². The van der Waals surface area contributed by atoms with Crippen LogP contribution in [0, 0.1) is 13.8 Å². The van der Waals surface area contributed by atoms with E-state index >= 15 is 0 Å². The van der Waals surface area contributed by atoms with Crippen LogP contribution in [0.4, 0.5) is 0 Å². The van der Waals surface area contributed by atoms with Gasteiger partial charge in [0.2, 0.25) is 0 Å². The van der Waals surface area contributed by atoms with E-state index in [-0.39, 0.29) is 0 Å². The van der Waals surface area contributed by atoms with Crippen LogP contribution in [0.5, 0.6) is 0 Å². The molecule has 0 aromatic heterocycles. The summed E-state index contributed by atoms with van der Waals surface area (Å²) in [6.45, 7) is 22.8. The topological polar surface area (TPSA) is 0 Å². The van der Waals surface area contributed by atoms with Gasteiger partial charge in [-0.2, -0.15) is 12.1 Å². The van der Waals surface area contributed by atoms with Crippen molar-refractivity contribution in [1.82, 2.24) is 0 Å². The van der Waals surface area contributed by atoms with Gasteiger partial charge in [-0.15, -0.1) is 56.9 Å². The van der Waals surface area contributed by atoms with Crippen LogP contribution < -0.4 is 10.6 Å². The molecule has 36 heavy (non-hydrogen) atoms. The average molecular weight is 700 g/mol. The molecular formula is C28H40Cl4P2SiZr. The zero-order valence-corrected chi connectivity index (χ0v) is 31.5. The zero-order valence-electron chi connectivity index (χ0n) is 23.2. The van der Waals surface area contributed by atoms with Crippen molar-refractivity contribution in [1.29, 1.82) is 0 Å². The molecular weight excluding hydrogens is 659 g/mol. The predicted molar refractivity (Wildman–Crippen MR) is 178 cm³/mol. The molecule has 8 heteroatoms. The van der Waals surface area contributed by atoms with Gasteiger partial charge in [0.05, 0.1) is 50.6 Å². The molecule has 198 valence electrons. The molecule has 0 aliphatic carbocycles. The van der Waals surface area contributed by atoms with E-state index in [1.54, 1.807) is 0 Å². The Balaban J connectivity index is 0.000000280. The Morgan fingerprint density at radius 2 is 0.889 bits per heavy atom. The van der Waals surface area contributed by atoms with Crippen LogP contribution in [-0.4, -0.2) is 49.5 Å². The van der Waals surface area contributed by atoms with Crippen LogP contribution in [0.1, 0.15) is 11.1 Å². The second kappa shape index (κ2) is 15.0. The molecule has 4 rings (SSSR count). The molecule has 0 bridgehead atoms. The van der Waals surface area contributed by atoms with Crippen LogP contribution in [0.25, 0.3) is 21.5 Å². The van der Waals surface area contributed by atoms with Crippen molar-refractivity contribution in [2.24, 2.45) is 0 Å². The molecule has 0 N–H and O–H groups in total. The Labute approximate surface area is 242 Å². The quantitative estimate of drug-likeness (QED) is 0.111. The van der Waals surface area contributed by atoms with Crippen LogP contribution in [0.15, 0.2) is 60.7 Å². The third kappa shape index (κ3) is 13.2. The summed E-state index contributed by atoms with van der Waals surface area (Å²) in [5.41, 5.74) is 2.73. The first-order chi connectivity index (χ1) is 16.3. The first-order valence-corrected chi connectivity index (χ1v) is 32.6. The van der Waals surface area contributed by atoms with E-state index in [2.05, 4.69) is 128 Å². The van der Waals surface area contributed by atoms with Gasteiger partial charge in [0, 0.05) is 24.0 Å². The van der Waals surface area contributed by atoms with Gasteiger partial charge in [0.1, 0.15) is 0 Å². The first-order valence-electron chi connectivity index (χ1n) is 11.7. The van der Waals surface area contributed by atoms with Gasteiger partial charge >= 0.3 is 49.5 Å². The fourth-order valence-corrected chi connectivity index (χ4v) is 5.63. The third-order valence-electron chi connectivity index (χ3n) is 5.22. The van der Waals surface area contributed by atoms with Gasteiger partial charge in [0.15, 0.2) is 0 Å². The van der Waals surface area contributed by atoms with E-state index in [1.807, 2.05) is 0 Å². The number of hydrogen-bond acceptors (Lipinski definition) is 0.